The van der Waals surface area contributed by atoms with Crippen LogP contribution in [0, 0.1) is 13.8 Å². The SMILES string of the molecule is CCCS(=O)(=O)c1ccc(N2C=NC3=C(C2N)N(c2c(C)cccc2C)C(N)S3)cc1. The number of anilines is 2. The van der Waals surface area contributed by atoms with Crippen molar-refractivity contribution in [2.75, 3.05) is 15.6 Å². The number of benzene rings is 2. The lowest BCUT2D eigenvalue weighted by molar-refractivity contribution is 0.594. The monoisotopic (exact) mass is 457 g/mol. The molecule has 0 saturated heterocycles. The van der Waals surface area contributed by atoms with Crippen molar-refractivity contribution in [3.8, 4) is 0 Å². The van der Waals surface area contributed by atoms with E-state index in [0.717, 1.165) is 33.2 Å². The molecule has 2 aromatic rings. The van der Waals surface area contributed by atoms with E-state index in [2.05, 4.69) is 35.9 Å². The van der Waals surface area contributed by atoms with Gasteiger partial charge in [0.2, 0.25) is 0 Å². The smallest absolute Gasteiger partial charge is 0.178 e. The van der Waals surface area contributed by atoms with Crippen LogP contribution in [0.15, 0.2) is 63.1 Å². The molecule has 4 N–H and O–H groups in total. The summed E-state index contributed by atoms with van der Waals surface area (Å²) >= 11 is 1.48. The Hall–Kier alpha value is -2.33. The zero-order chi connectivity index (χ0) is 22.3. The molecule has 0 spiro atoms. The molecule has 9 heteroatoms. The maximum absolute atomic E-state index is 12.3. The van der Waals surface area contributed by atoms with Crippen molar-refractivity contribution in [1.82, 2.24) is 0 Å². The van der Waals surface area contributed by atoms with Crippen LogP contribution in [0.5, 0.6) is 0 Å². The number of nitrogens with zero attached hydrogens (tertiary/aromatic N) is 3. The van der Waals surface area contributed by atoms with Gasteiger partial charge < -0.3 is 21.3 Å². The molecule has 4 rings (SSSR count). The predicted molar refractivity (Wildman–Crippen MR) is 129 cm³/mol. The van der Waals surface area contributed by atoms with Crippen molar-refractivity contribution in [2.24, 2.45) is 16.5 Å². The molecule has 0 saturated carbocycles. The van der Waals surface area contributed by atoms with Crippen LogP contribution >= 0.6 is 11.8 Å². The third-order valence-corrected chi connectivity index (χ3v) is 8.42. The summed E-state index contributed by atoms with van der Waals surface area (Å²) in [5.74, 6) is 0.132. The lowest BCUT2D eigenvalue weighted by atomic mass is 10.1. The van der Waals surface area contributed by atoms with Crippen LogP contribution in [0.2, 0.25) is 0 Å². The summed E-state index contributed by atoms with van der Waals surface area (Å²) in [6, 6.07) is 12.9. The molecule has 2 unspecified atom stereocenters. The van der Waals surface area contributed by atoms with E-state index in [0.29, 0.717) is 11.3 Å². The number of aryl methyl sites for hydroxylation is 2. The van der Waals surface area contributed by atoms with Gasteiger partial charge in [0.25, 0.3) is 0 Å². The fourth-order valence-electron chi connectivity index (χ4n) is 4.02. The van der Waals surface area contributed by atoms with Crippen LogP contribution in [0.4, 0.5) is 11.4 Å². The molecule has 0 radical (unpaired) electrons. The van der Waals surface area contributed by atoms with Gasteiger partial charge in [-0.15, -0.1) is 0 Å². The lowest BCUT2D eigenvalue weighted by Gasteiger charge is -2.36. The number of nitrogens with two attached hydrogens (primary N) is 2. The average Bonchev–Trinajstić information content (AvgIpc) is 3.05. The van der Waals surface area contributed by atoms with E-state index in [4.69, 9.17) is 11.5 Å². The summed E-state index contributed by atoms with van der Waals surface area (Å²) in [5, 5.41) is 0.807. The average molecular weight is 458 g/mol. The number of sulfone groups is 1. The Labute approximate surface area is 187 Å². The molecule has 0 fully saturated rings. The maximum Gasteiger partial charge on any atom is 0.178 e. The van der Waals surface area contributed by atoms with E-state index in [-0.39, 0.29) is 11.3 Å². The minimum Gasteiger partial charge on any atom is -0.314 e. The lowest BCUT2D eigenvalue weighted by Crippen LogP contribution is -2.50. The highest BCUT2D eigenvalue weighted by atomic mass is 32.2. The van der Waals surface area contributed by atoms with Crippen LogP contribution in [0.3, 0.4) is 0 Å². The molecule has 2 aliphatic heterocycles. The number of rotatable bonds is 5. The molecule has 0 aliphatic carbocycles. The van der Waals surface area contributed by atoms with Gasteiger partial charge in [-0.3, -0.25) is 0 Å². The van der Waals surface area contributed by atoms with Crippen molar-refractivity contribution in [2.45, 2.75) is 43.8 Å². The van der Waals surface area contributed by atoms with Crippen molar-refractivity contribution in [1.29, 1.82) is 0 Å². The predicted octanol–water partition coefficient (Wildman–Crippen LogP) is 3.29. The van der Waals surface area contributed by atoms with Crippen LogP contribution in [0.1, 0.15) is 24.5 Å². The minimum absolute atomic E-state index is 0.132. The van der Waals surface area contributed by atoms with Crippen LogP contribution in [-0.4, -0.2) is 32.2 Å². The van der Waals surface area contributed by atoms with Crippen LogP contribution in [-0.2, 0) is 9.84 Å². The Morgan fingerprint density at radius 1 is 1.06 bits per heavy atom. The van der Waals surface area contributed by atoms with Crippen molar-refractivity contribution >= 4 is 39.3 Å². The molecular formula is C22H27N5O2S2. The molecule has 7 nitrogen and oxygen atoms in total. The van der Waals surface area contributed by atoms with E-state index in [1.807, 2.05) is 17.9 Å². The van der Waals surface area contributed by atoms with Gasteiger partial charge in [0.1, 0.15) is 16.7 Å². The molecule has 0 bridgehead atoms. The first-order valence-corrected chi connectivity index (χ1v) is 12.7. The first-order valence-electron chi connectivity index (χ1n) is 10.2. The van der Waals surface area contributed by atoms with Gasteiger partial charge in [-0.2, -0.15) is 0 Å². The van der Waals surface area contributed by atoms with Gasteiger partial charge >= 0.3 is 0 Å². The summed E-state index contributed by atoms with van der Waals surface area (Å²) in [6.07, 6.45) is 1.76. The number of hydrogen-bond donors (Lipinski definition) is 2. The number of thioether (sulfide) groups is 1. The highest BCUT2D eigenvalue weighted by Crippen LogP contribution is 2.45. The fourth-order valence-corrected chi connectivity index (χ4v) is 6.35. The standard InChI is InChI=1S/C22H27N5O2S2/c1-4-12-31(28,29)17-10-8-16(9-11-17)26-13-25-21-19(20(26)23)27(22(24)30-21)18-14(2)6-5-7-15(18)3/h5-11,13,20,22H,4,12,23-24H2,1-3H3. The zero-order valence-corrected chi connectivity index (χ0v) is 19.5. The van der Waals surface area contributed by atoms with E-state index in [9.17, 15) is 8.42 Å². The second-order valence-electron chi connectivity index (χ2n) is 7.72. The first kappa shape index (κ1) is 21.9. The number of para-hydroxylation sites is 1. The highest BCUT2D eigenvalue weighted by Gasteiger charge is 2.40. The molecule has 2 aromatic carbocycles. The normalized spacial score (nSPS) is 21.1. The molecule has 0 amide bonds. The number of hydrogen-bond acceptors (Lipinski definition) is 8. The number of aliphatic imine (C=N–C) groups is 1. The minimum atomic E-state index is -3.27. The maximum atomic E-state index is 12.3. The van der Waals surface area contributed by atoms with Crippen LogP contribution in [0.25, 0.3) is 0 Å². The zero-order valence-electron chi connectivity index (χ0n) is 17.8. The topological polar surface area (TPSA) is 105 Å². The van der Waals surface area contributed by atoms with Gasteiger partial charge in [0, 0.05) is 11.4 Å². The van der Waals surface area contributed by atoms with Gasteiger partial charge in [-0.05, 0) is 55.7 Å². The first-order chi connectivity index (χ1) is 14.7. The van der Waals surface area contributed by atoms with Crippen molar-refractivity contribution < 1.29 is 8.42 Å². The molecule has 2 aliphatic rings. The Morgan fingerprint density at radius 3 is 2.32 bits per heavy atom. The van der Waals surface area contributed by atoms with E-state index in [1.54, 1.807) is 30.6 Å². The molecule has 2 atom stereocenters. The van der Waals surface area contributed by atoms with E-state index in [1.165, 1.54) is 11.8 Å². The Balaban J connectivity index is 1.68. The summed E-state index contributed by atoms with van der Waals surface area (Å²) < 4.78 is 24.7. The summed E-state index contributed by atoms with van der Waals surface area (Å²) in [5.41, 5.74) is 17.8. The van der Waals surface area contributed by atoms with Gasteiger partial charge in [-0.1, -0.05) is 36.9 Å². The summed E-state index contributed by atoms with van der Waals surface area (Å²) in [6.45, 7) is 5.97. The second-order valence-corrected chi connectivity index (χ2v) is 10.9. The summed E-state index contributed by atoms with van der Waals surface area (Å²) in [4.78, 5) is 8.84. The molecule has 2 heterocycles. The Morgan fingerprint density at radius 2 is 1.71 bits per heavy atom. The van der Waals surface area contributed by atoms with Crippen molar-refractivity contribution in [3.63, 3.8) is 0 Å². The molecule has 164 valence electrons. The van der Waals surface area contributed by atoms with Gasteiger partial charge in [0.05, 0.1) is 22.7 Å². The third-order valence-electron chi connectivity index (χ3n) is 5.49. The Bertz CT molecular complexity index is 1140. The second kappa shape index (κ2) is 8.31. The highest BCUT2D eigenvalue weighted by molar-refractivity contribution is 8.04. The Kier molecular flexibility index (Phi) is 5.87. The van der Waals surface area contributed by atoms with E-state index >= 15 is 0 Å². The van der Waals surface area contributed by atoms with Crippen LogP contribution < -0.4 is 21.3 Å². The van der Waals surface area contributed by atoms with E-state index < -0.39 is 16.0 Å². The molecule has 0 aromatic heterocycles. The van der Waals surface area contributed by atoms with Gasteiger partial charge in [0.15, 0.2) is 9.84 Å². The molecular weight excluding hydrogens is 430 g/mol. The van der Waals surface area contributed by atoms with Gasteiger partial charge in [-0.25, -0.2) is 13.4 Å². The fraction of sp³-hybridized carbons (Fsp3) is 0.318. The third kappa shape index (κ3) is 3.87. The summed E-state index contributed by atoms with van der Waals surface area (Å²) in [7, 11) is -3.27. The quantitative estimate of drug-likeness (QED) is 0.710. The van der Waals surface area contributed by atoms with Crippen molar-refractivity contribution in [3.05, 3.63) is 64.3 Å². The molecule has 31 heavy (non-hydrogen) atoms. The largest absolute Gasteiger partial charge is 0.314 e.